The summed E-state index contributed by atoms with van der Waals surface area (Å²) in [4.78, 5) is 9.93. The first kappa shape index (κ1) is 18.9. The van der Waals surface area contributed by atoms with Crippen molar-refractivity contribution in [2.75, 3.05) is 24.4 Å². The van der Waals surface area contributed by atoms with E-state index in [2.05, 4.69) is 31.7 Å². The summed E-state index contributed by atoms with van der Waals surface area (Å²) in [6.07, 6.45) is 8.73. The minimum Gasteiger partial charge on any atom is -0.396 e. The summed E-state index contributed by atoms with van der Waals surface area (Å²) in [5.74, 6) is 1.89. The Morgan fingerprint density at radius 1 is 1.43 bits per heavy atom. The zero-order chi connectivity index (χ0) is 19.5. The van der Waals surface area contributed by atoms with E-state index in [1.165, 1.54) is 0 Å². The minimum absolute atomic E-state index is 0.203. The summed E-state index contributed by atoms with van der Waals surface area (Å²) in [5, 5.41) is 21.0. The molecule has 2 atom stereocenters. The molecule has 28 heavy (non-hydrogen) atoms. The Morgan fingerprint density at radius 3 is 3.14 bits per heavy atom. The van der Waals surface area contributed by atoms with Crippen molar-refractivity contribution < 1.29 is 14.7 Å². The molecular formula is C19H24BrN6O2+. The van der Waals surface area contributed by atoms with Crippen LogP contribution in [0.5, 0.6) is 0 Å². The summed E-state index contributed by atoms with van der Waals surface area (Å²) in [7, 11) is 1.63. The molecule has 9 heteroatoms. The molecule has 1 aliphatic rings. The monoisotopic (exact) mass is 447 g/mol. The van der Waals surface area contributed by atoms with Crippen molar-refractivity contribution in [2.45, 2.75) is 31.8 Å². The highest BCUT2D eigenvalue weighted by atomic mass is 79.9. The van der Waals surface area contributed by atoms with Gasteiger partial charge in [0, 0.05) is 47.5 Å². The standard InChI is InChI=1S/C19H24BrN6O2/c1-28-25-7-3-4-13(11-25)9-21-18-8-17(23-16-6-2-5-14(16)12-27)24-19-15(20)10-22-26(18)19/h3-4,7-8,10-11,14,16,21,27H,2,5-6,9,12H2,1H3,(H,23,24)/q+1/t14-,16-/m0/s1. The maximum atomic E-state index is 9.60. The van der Waals surface area contributed by atoms with E-state index < -0.39 is 0 Å². The zero-order valence-corrected chi connectivity index (χ0v) is 17.3. The molecule has 3 aromatic heterocycles. The van der Waals surface area contributed by atoms with Gasteiger partial charge in [0.25, 0.3) is 0 Å². The lowest BCUT2D eigenvalue weighted by Gasteiger charge is -2.20. The van der Waals surface area contributed by atoms with E-state index in [-0.39, 0.29) is 18.6 Å². The number of nitrogens with zero attached hydrogens (tertiary/aromatic N) is 4. The van der Waals surface area contributed by atoms with E-state index >= 15 is 0 Å². The summed E-state index contributed by atoms with van der Waals surface area (Å²) in [5.41, 5.74) is 1.82. The molecular weight excluding hydrogens is 424 g/mol. The third kappa shape index (κ3) is 3.90. The lowest BCUT2D eigenvalue weighted by atomic mass is 10.1. The van der Waals surface area contributed by atoms with Gasteiger partial charge in [-0.3, -0.25) is 4.84 Å². The molecule has 0 aliphatic heterocycles. The summed E-state index contributed by atoms with van der Waals surface area (Å²) < 4.78 is 4.27. The number of hydrogen-bond acceptors (Lipinski definition) is 6. The number of aliphatic hydroxyl groups excluding tert-OH is 1. The molecule has 148 valence electrons. The third-order valence-electron chi connectivity index (χ3n) is 5.18. The first-order valence-corrected chi connectivity index (χ1v) is 10.2. The number of fused-ring (bicyclic) bond motifs is 1. The van der Waals surface area contributed by atoms with Gasteiger partial charge in [0.2, 0.25) is 12.4 Å². The van der Waals surface area contributed by atoms with Gasteiger partial charge in [-0.1, -0.05) is 6.42 Å². The lowest BCUT2D eigenvalue weighted by Crippen LogP contribution is -2.40. The molecule has 1 saturated carbocycles. The van der Waals surface area contributed by atoms with Crippen LogP contribution in [0, 0.1) is 5.92 Å². The lowest BCUT2D eigenvalue weighted by molar-refractivity contribution is -0.885. The second-order valence-electron chi connectivity index (χ2n) is 6.99. The van der Waals surface area contributed by atoms with Gasteiger partial charge in [0.05, 0.1) is 10.7 Å². The molecule has 0 bridgehead atoms. The van der Waals surface area contributed by atoms with Gasteiger partial charge in [-0.25, -0.2) is 4.98 Å². The van der Waals surface area contributed by atoms with E-state index in [9.17, 15) is 5.11 Å². The first-order chi connectivity index (χ1) is 13.7. The van der Waals surface area contributed by atoms with Crippen molar-refractivity contribution in [3.8, 4) is 0 Å². The van der Waals surface area contributed by atoms with E-state index in [4.69, 9.17) is 9.82 Å². The molecule has 3 heterocycles. The number of pyridine rings is 1. The van der Waals surface area contributed by atoms with E-state index in [0.717, 1.165) is 46.6 Å². The molecule has 0 unspecified atom stereocenters. The van der Waals surface area contributed by atoms with Crippen molar-refractivity contribution in [2.24, 2.45) is 5.92 Å². The molecule has 0 radical (unpaired) electrons. The summed E-state index contributed by atoms with van der Waals surface area (Å²) in [6.45, 7) is 0.817. The van der Waals surface area contributed by atoms with Gasteiger partial charge in [0.1, 0.15) is 18.7 Å². The Morgan fingerprint density at radius 2 is 2.32 bits per heavy atom. The maximum absolute atomic E-state index is 9.60. The van der Waals surface area contributed by atoms with Crippen molar-refractivity contribution in [3.05, 3.63) is 46.8 Å². The Bertz CT molecular complexity index is 963. The molecule has 3 N–H and O–H groups in total. The fraction of sp³-hybridized carbons (Fsp3) is 0.421. The van der Waals surface area contributed by atoms with Gasteiger partial charge in [-0.05, 0) is 34.8 Å². The Hall–Kier alpha value is -2.39. The molecule has 0 spiro atoms. The average molecular weight is 448 g/mol. The van der Waals surface area contributed by atoms with Gasteiger partial charge in [0.15, 0.2) is 5.65 Å². The van der Waals surface area contributed by atoms with Crippen LogP contribution in [0.4, 0.5) is 11.6 Å². The van der Waals surface area contributed by atoms with Gasteiger partial charge in [-0.15, -0.1) is 0 Å². The number of hydrogen-bond donors (Lipinski definition) is 3. The Kier molecular flexibility index (Phi) is 5.63. The van der Waals surface area contributed by atoms with Crippen LogP contribution in [0.3, 0.4) is 0 Å². The van der Waals surface area contributed by atoms with Crippen molar-refractivity contribution >= 4 is 33.2 Å². The van der Waals surface area contributed by atoms with Crippen molar-refractivity contribution in [1.82, 2.24) is 14.6 Å². The summed E-state index contributed by atoms with van der Waals surface area (Å²) >= 11 is 3.53. The number of aromatic nitrogens is 4. The third-order valence-corrected chi connectivity index (χ3v) is 5.74. The minimum atomic E-state index is 0.203. The predicted molar refractivity (Wildman–Crippen MR) is 109 cm³/mol. The second kappa shape index (κ2) is 8.32. The highest BCUT2D eigenvalue weighted by Crippen LogP contribution is 2.29. The smallest absolute Gasteiger partial charge is 0.227 e. The number of anilines is 2. The molecule has 0 amide bonds. The highest BCUT2D eigenvalue weighted by molar-refractivity contribution is 9.10. The van der Waals surface area contributed by atoms with Crippen LogP contribution in [0.1, 0.15) is 24.8 Å². The van der Waals surface area contributed by atoms with Gasteiger partial charge in [-0.2, -0.15) is 9.61 Å². The average Bonchev–Trinajstić information content (AvgIpc) is 3.33. The number of aliphatic hydroxyl groups is 1. The van der Waals surface area contributed by atoms with Gasteiger partial charge >= 0.3 is 0 Å². The van der Waals surface area contributed by atoms with Crippen LogP contribution in [0.15, 0.2) is 41.3 Å². The Balaban J connectivity index is 1.59. The zero-order valence-electron chi connectivity index (χ0n) is 15.7. The quantitative estimate of drug-likeness (QED) is 0.480. The van der Waals surface area contributed by atoms with Crippen LogP contribution < -0.4 is 20.2 Å². The van der Waals surface area contributed by atoms with E-state index in [1.807, 2.05) is 30.6 Å². The molecule has 1 fully saturated rings. The molecule has 1 aliphatic carbocycles. The maximum Gasteiger partial charge on any atom is 0.227 e. The Labute approximate surface area is 171 Å². The fourth-order valence-electron chi connectivity index (χ4n) is 3.68. The molecule has 4 rings (SSSR count). The fourth-order valence-corrected chi connectivity index (χ4v) is 4.03. The number of rotatable bonds is 7. The normalized spacial score (nSPS) is 19.1. The van der Waals surface area contributed by atoms with Crippen LogP contribution in [0.2, 0.25) is 0 Å². The van der Waals surface area contributed by atoms with Crippen LogP contribution >= 0.6 is 15.9 Å². The molecule has 8 nitrogen and oxygen atoms in total. The molecule has 0 aromatic carbocycles. The van der Waals surface area contributed by atoms with E-state index in [1.54, 1.807) is 22.6 Å². The van der Waals surface area contributed by atoms with Crippen molar-refractivity contribution in [1.29, 1.82) is 0 Å². The van der Waals surface area contributed by atoms with Crippen molar-refractivity contribution in [3.63, 3.8) is 0 Å². The van der Waals surface area contributed by atoms with Crippen LogP contribution in [-0.2, 0) is 6.54 Å². The number of nitrogens with one attached hydrogen (secondary N) is 2. The highest BCUT2D eigenvalue weighted by Gasteiger charge is 2.27. The topological polar surface area (TPSA) is 87.6 Å². The SMILES string of the molecule is CO[n+]1cccc(CNc2cc(N[C@H]3CCC[C@H]3CO)nc3c(Br)cnn23)c1. The largest absolute Gasteiger partial charge is 0.396 e. The van der Waals surface area contributed by atoms with Crippen LogP contribution in [0.25, 0.3) is 5.65 Å². The second-order valence-corrected chi connectivity index (χ2v) is 7.84. The predicted octanol–water partition coefficient (Wildman–Crippen LogP) is 2.02. The van der Waals surface area contributed by atoms with Gasteiger partial charge < -0.3 is 15.7 Å². The molecule has 3 aromatic rings. The van der Waals surface area contributed by atoms with Crippen LogP contribution in [-0.4, -0.2) is 39.5 Å². The first-order valence-electron chi connectivity index (χ1n) is 9.38. The number of halogens is 1. The molecule has 0 saturated heterocycles. The summed E-state index contributed by atoms with van der Waals surface area (Å²) in [6, 6.07) is 6.18. The van der Waals surface area contributed by atoms with E-state index in [0.29, 0.717) is 6.54 Å².